The van der Waals surface area contributed by atoms with Crippen LogP contribution in [-0.2, 0) is 0 Å². The van der Waals surface area contributed by atoms with E-state index in [1.54, 1.807) is 0 Å². The van der Waals surface area contributed by atoms with Gasteiger partial charge in [0.2, 0.25) is 0 Å². The van der Waals surface area contributed by atoms with Crippen LogP contribution in [0.5, 0.6) is 0 Å². The highest BCUT2D eigenvalue weighted by Crippen LogP contribution is 2.26. The molecule has 1 amide bonds. The van der Waals surface area contributed by atoms with Gasteiger partial charge in [-0.1, -0.05) is 24.3 Å². The van der Waals surface area contributed by atoms with Crippen LogP contribution in [0.25, 0.3) is 10.6 Å². The number of carbonyl (C=O) groups excluding carboxylic acids is 1. The summed E-state index contributed by atoms with van der Waals surface area (Å²) in [5, 5.41) is 8.63. The van der Waals surface area contributed by atoms with Gasteiger partial charge < -0.3 is 10.6 Å². The predicted molar refractivity (Wildman–Crippen MR) is 83.2 cm³/mol. The summed E-state index contributed by atoms with van der Waals surface area (Å²) in [5.74, 6) is -0.0998. The lowest BCUT2D eigenvalue weighted by molar-refractivity contribution is 0.0949. The van der Waals surface area contributed by atoms with E-state index in [0.717, 1.165) is 23.5 Å². The third-order valence-corrected chi connectivity index (χ3v) is 3.88. The highest BCUT2D eigenvalue weighted by molar-refractivity contribution is 7.13. The first-order valence-corrected chi connectivity index (χ1v) is 7.54. The summed E-state index contributed by atoms with van der Waals surface area (Å²) >= 11 is 1.50. The van der Waals surface area contributed by atoms with E-state index in [4.69, 9.17) is 0 Å². The second-order valence-electron chi connectivity index (χ2n) is 4.57. The zero-order valence-corrected chi connectivity index (χ0v) is 12.6. The fourth-order valence-corrected chi connectivity index (χ4v) is 2.76. The van der Waals surface area contributed by atoms with Crippen LogP contribution in [0, 0.1) is 6.92 Å². The first kappa shape index (κ1) is 14.7. The standard InChI is InChI=1S/C15H19N3OS/c1-11-6-3-4-7-12(11)15-18-13(10-20-15)14(19)17-9-5-8-16-2/h3-4,6-7,10,16H,5,8-9H2,1-2H3,(H,17,19). The van der Waals surface area contributed by atoms with Crippen LogP contribution >= 0.6 is 11.3 Å². The molecule has 0 saturated heterocycles. The highest BCUT2D eigenvalue weighted by atomic mass is 32.1. The van der Waals surface area contributed by atoms with Crippen molar-refractivity contribution in [3.63, 3.8) is 0 Å². The Bertz CT molecular complexity index is 580. The molecule has 0 atom stereocenters. The fraction of sp³-hybridized carbons (Fsp3) is 0.333. The molecule has 0 spiro atoms. The van der Waals surface area contributed by atoms with Crippen molar-refractivity contribution in [1.29, 1.82) is 0 Å². The van der Waals surface area contributed by atoms with Crippen molar-refractivity contribution >= 4 is 17.2 Å². The molecular formula is C15H19N3OS. The molecule has 0 aliphatic rings. The minimum atomic E-state index is -0.0998. The van der Waals surface area contributed by atoms with E-state index in [2.05, 4.69) is 15.6 Å². The Morgan fingerprint density at radius 2 is 2.10 bits per heavy atom. The van der Waals surface area contributed by atoms with Gasteiger partial charge in [-0.25, -0.2) is 4.98 Å². The molecule has 0 fully saturated rings. The zero-order chi connectivity index (χ0) is 14.4. The molecule has 20 heavy (non-hydrogen) atoms. The van der Waals surface area contributed by atoms with E-state index < -0.39 is 0 Å². The van der Waals surface area contributed by atoms with E-state index in [1.165, 1.54) is 16.9 Å². The van der Waals surface area contributed by atoms with Gasteiger partial charge in [0.1, 0.15) is 10.7 Å². The van der Waals surface area contributed by atoms with Gasteiger partial charge in [0.25, 0.3) is 5.91 Å². The van der Waals surface area contributed by atoms with Gasteiger partial charge in [-0.05, 0) is 32.5 Å². The maximum atomic E-state index is 12.0. The molecule has 0 bridgehead atoms. The predicted octanol–water partition coefficient (Wildman–Crippen LogP) is 2.46. The lowest BCUT2D eigenvalue weighted by Crippen LogP contribution is -2.26. The Labute approximate surface area is 123 Å². The third kappa shape index (κ3) is 3.65. The Hall–Kier alpha value is -1.72. The molecule has 0 aliphatic carbocycles. The van der Waals surface area contributed by atoms with Crippen molar-refractivity contribution in [3.05, 3.63) is 40.9 Å². The van der Waals surface area contributed by atoms with Gasteiger partial charge in [0.05, 0.1) is 0 Å². The van der Waals surface area contributed by atoms with Crippen LogP contribution < -0.4 is 10.6 Å². The lowest BCUT2D eigenvalue weighted by Gasteiger charge is -2.02. The topological polar surface area (TPSA) is 54.0 Å². The van der Waals surface area contributed by atoms with Gasteiger partial charge in [-0.2, -0.15) is 0 Å². The average molecular weight is 289 g/mol. The number of aryl methyl sites for hydroxylation is 1. The molecule has 0 unspecified atom stereocenters. The molecule has 106 valence electrons. The highest BCUT2D eigenvalue weighted by Gasteiger charge is 2.12. The van der Waals surface area contributed by atoms with Crippen LogP contribution in [0.1, 0.15) is 22.5 Å². The smallest absolute Gasteiger partial charge is 0.270 e. The van der Waals surface area contributed by atoms with Crippen LogP contribution in [0.15, 0.2) is 29.6 Å². The van der Waals surface area contributed by atoms with Crippen LogP contribution in [0.3, 0.4) is 0 Å². The number of rotatable bonds is 6. The number of hydrogen-bond donors (Lipinski definition) is 2. The average Bonchev–Trinajstić information content (AvgIpc) is 2.93. The molecule has 4 nitrogen and oxygen atoms in total. The monoisotopic (exact) mass is 289 g/mol. The fourth-order valence-electron chi connectivity index (χ4n) is 1.87. The minimum Gasteiger partial charge on any atom is -0.351 e. The molecular weight excluding hydrogens is 270 g/mol. The van der Waals surface area contributed by atoms with Crippen molar-refractivity contribution in [2.24, 2.45) is 0 Å². The second kappa shape index (κ2) is 7.17. The quantitative estimate of drug-likeness (QED) is 0.803. The summed E-state index contributed by atoms with van der Waals surface area (Å²) in [5.41, 5.74) is 2.76. The maximum Gasteiger partial charge on any atom is 0.270 e. The molecule has 1 aromatic heterocycles. The summed E-state index contributed by atoms with van der Waals surface area (Å²) in [6.07, 6.45) is 0.914. The van der Waals surface area contributed by atoms with Crippen molar-refractivity contribution in [2.75, 3.05) is 20.1 Å². The van der Waals surface area contributed by atoms with E-state index in [1.807, 2.05) is 43.6 Å². The first-order valence-electron chi connectivity index (χ1n) is 6.66. The Balaban J connectivity index is 2.02. The van der Waals surface area contributed by atoms with Gasteiger partial charge in [-0.15, -0.1) is 11.3 Å². The van der Waals surface area contributed by atoms with Crippen molar-refractivity contribution < 1.29 is 4.79 Å². The number of nitrogens with one attached hydrogen (secondary N) is 2. The Morgan fingerprint density at radius 3 is 2.85 bits per heavy atom. The zero-order valence-electron chi connectivity index (χ0n) is 11.8. The van der Waals surface area contributed by atoms with Gasteiger partial charge in [0, 0.05) is 17.5 Å². The molecule has 0 aliphatic heterocycles. The van der Waals surface area contributed by atoms with E-state index in [0.29, 0.717) is 12.2 Å². The van der Waals surface area contributed by atoms with Crippen LogP contribution in [-0.4, -0.2) is 31.0 Å². The third-order valence-electron chi connectivity index (χ3n) is 3.00. The van der Waals surface area contributed by atoms with E-state index in [-0.39, 0.29) is 5.91 Å². The number of benzene rings is 1. The van der Waals surface area contributed by atoms with Crippen molar-refractivity contribution in [2.45, 2.75) is 13.3 Å². The molecule has 1 aromatic carbocycles. The van der Waals surface area contributed by atoms with Crippen molar-refractivity contribution in [3.8, 4) is 10.6 Å². The first-order chi connectivity index (χ1) is 9.72. The molecule has 2 N–H and O–H groups in total. The second-order valence-corrected chi connectivity index (χ2v) is 5.42. The summed E-state index contributed by atoms with van der Waals surface area (Å²) in [7, 11) is 1.90. The minimum absolute atomic E-state index is 0.0998. The number of nitrogens with zero attached hydrogens (tertiary/aromatic N) is 1. The summed E-state index contributed by atoms with van der Waals surface area (Å²) < 4.78 is 0. The van der Waals surface area contributed by atoms with E-state index >= 15 is 0 Å². The summed E-state index contributed by atoms with van der Waals surface area (Å²) in [6.45, 7) is 3.61. The number of amides is 1. The Morgan fingerprint density at radius 1 is 1.30 bits per heavy atom. The molecule has 0 radical (unpaired) electrons. The number of thiazole rings is 1. The molecule has 1 heterocycles. The van der Waals surface area contributed by atoms with Crippen molar-refractivity contribution in [1.82, 2.24) is 15.6 Å². The summed E-state index contributed by atoms with van der Waals surface area (Å²) in [6, 6.07) is 8.07. The van der Waals surface area contributed by atoms with Gasteiger partial charge >= 0.3 is 0 Å². The van der Waals surface area contributed by atoms with Crippen LogP contribution in [0.2, 0.25) is 0 Å². The number of hydrogen-bond acceptors (Lipinski definition) is 4. The normalized spacial score (nSPS) is 10.5. The van der Waals surface area contributed by atoms with Gasteiger partial charge in [0.15, 0.2) is 0 Å². The molecule has 2 aromatic rings. The Kier molecular flexibility index (Phi) is 5.26. The summed E-state index contributed by atoms with van der Waals surface area (Å²) in [4.78, 5) is 16.4. The van der Waals surface area contributed by atoms with E-state index in [9.17, 15) is 4.79 Å². The van der Waals surface area contributed by atoms with Gasteiger partial charge in [-0.3, -0.25) is 4.79 Å². The maximum absolute atomic E-state index is 12.0. The molecule has 2 rings (SSSR count). The lowest BCUT2D eigenvalue weighted by atomic mass is 10.1. The van der Waals surface area contributed by atoms with Crippen LogP contribution in [0.4, 0.5) is 0 Å². The SMILES string of the molecule is CNCCCNC(=O)c1csc(-c2ccccc2C)n1. The number of aromatic nitrogens is 1. The largest absolute Gasteiger partial charge is 0.351 e. The molecule has 5 heteroatoms. The number of carbonyl (C=O) groups is 1. The molecule has 0 saturated carbocycles.